The van der Waals surface area contributed by atoms with Gasteiger partial charge in [0.25, 0.3) is 0 Å². The number of sulfonamides is 1. The van der Waals surface area contributed by atoms with E-state index in [1.54, 1.807) is 0 Å². The second kappa shape index (κ2) is 6.51. The van der Waals surface area contributed by atoms with Gasteiger partial charge in [-0.2, -0.15) is 0 Å². The first kappa shape index (κ1) is 15.7. The Kier molecular flexibility index (Phi) is 4.44. The molecule has 3 N–H and O–H groups in total. The van der Waals surface area contributed by atoms with Gasteiger partial charge in [-0.05, 0) is 25.0 Å². The van der Waals surface area contributed by atoms with Gasteiger partial charge in [0.05, 0.1) is 5.25 Å². The summed E-state index contributed by atoms with van der Waals surface area (Å²) in [7, 11) is -3.45. The van der Waals surface area contributed by atoms with Crippen LogP contribution in [0.3, 0.4) is 0 Å². The zero-order valence-corrected chi connectivity index (χ0v) is 13.4. The van der Waals surface area contributed by atoms with Crippen molar-refractivity contribution in [3.05, 3.63) is 42.7 Å². The molecule has 1 aromatic heterocycles. The summed E-state index contributed by atoms with van der Waals surface area (Å²) in [6.07, 6.45) is 2.54. The van der Waals surface area contributed by atoms with Gasteiger partial charge in [0, 0.05) is 24.8 Å². The topological polar surface area (TPSA) is 101 Å². The molecule has 0 atom stereocenters. The fourth-order valence-corrected chi connectivity index (χ4v) is 3.54. The summed E-state index contributed by atoms with van der Waals surface area (Å²) in [5.74, 6) is 1.49. The first-order chi connectivity index (χ1) is 11.0. The maximum Gasteiger partial charge on any atom is 0.212 e. The number of nitrogens with one attached hydrogen (secondary N) is 1. The molecule has 0 aliphatic carbocycles. The van der Waals surface area contributed by atoms with Crippen LogP contribution in [0.5, 0.6) is 0 Å². The number of primary sulfonamides is 1. The van der Waals surface area contributed by atoms with Crippen molar-refractivity contribution in [1.29, 1.82) is 0 Å². The van der Waals surface area contributed by atoms with Crippen molar-refractivity contribution in [2.75, 3.05) is 23.3 Å². The van der Waals surface area contributed by atoms with Crippen molar-refractivity contribution in [3.63, 3.8) is 0 Å². The van der Waals surface area contributed by atoms with E-state index in [0.717, 1.165) is 11.5 Å². The molecule has 0 bridgehead atoms. The molecule has 23 heavy (non-hydrogen) atoms. The van der Waals surface area contributed by atoms with Gasteiger partial charge in [-0.15, -0.1) is 0 Å². The monoisotopic (exact) mass is 333 g/mol. The van der Waals surface area contributed by atoms with Crippen molar-refractivity contribution in [2.24, 2.45) is 5.14 Å². The zero-order chi connectivity index (χ0) is 16.3. The Morgan fingerprint density at radius 3 is 2.48 bits per heavy atom. The number of benzene rings is 1. The number of hydrogen-bond donors (Lipinski definition) is 2. The Balaban J connectivity index is 1.69. The molecule has 1 fully saturated rings. The summed E-state index contributed by atoms with van der Waals surface area (Å²) in [5.41, 5.74) is 0.949. The summed E-state index contributed by atoms with van der Waals surface area (Å²) >= 11 is 0. The van der Waals surface area contributed by atoms with Gasteiger partial charge in [-0.25, -0.2) is 23.5 Å². The molecule has 0 unspecified atom stereocenters. The molecule has 7 nitrogen and oxygen atoms in total. The van der Waals surface area contributed by atoms with Crippen LogP contribution in [0, 0.1) is 0 Å². The van der Waals surface area contributed by atoms with Crippen molar-refractivity contribution in [3.8, 4) is 0 Å². The third kappa shape index (κ3) is 3.96. The quantitative estimate of drug-likeness (QED) is 0.879. The lowest BCUT2D eigenvalue weighted by Gasteiger charge is -2.31. The zero-order valence-electron chi connectivity index (χ0n) is 12.6. The fraction of sp³-hybridized carbons (Fsp3) is 0.333. The Morgan fingerprint density at radius 1 is 1.13 bits per heavy atom. The minimum atomic E-state index is -3.45. The van der Waals surface area contributed by atoms with Gasteiger partial charge in [0.15, 0.2) is 0 Å². The van der Waals surface area contributed by atoms with Crippen LogP contribution < -0.4 is 15.4 Å². The second-order valence-electron chi connectivity index (χ2n) is 5.53. The molecule has 1 aromatic carbocycles. The van der Waals surface area contributed by atoms with Crippen LogP contribution in [-0.2, 0) is 10.0 Å². The number of piperidine rings is 1. The molecular formula is C15H19N5O2S. The van der Waals surface area contributed by atoms with E-state index in [-0.39, 0.29) is 0 Å². The van der Waals surface area contributed by atoms with E-state index in [9.17, 15) is 8.42 Å². The van der Waals surface area contributed by atoms with Gasteiger partial charge in [-0.1, -0.05) is 18.2 Å². The van der Waals surface area contributed by atoms with Gasteiger partial charge >= 0.3 is 0 Å². The largest absolute Gasteiger partial charge is 0.356 e. The molecule has 0 radical (unpaired) electrons. The molecule has 0 amide bonds. The molecule has 0 spiro atoms. The number of anilines is 3. The standard InChI is InChI=1S/C15H19N5O2S/c16-23(21,22)13-6-8-20(9-7-13)15-10-14(17-11-18-15)19-12-4-2-1-3-5-12/h1-5,10-11,13H,6-9H2,(H2,16,21,22)(H,17,18,19). The maximum absolute atomic E-state index is 11.4. The molecule has 2 heterocycles. The predicted molar refractivity (Wildman–Crippen MR) is 90.1 cm³/mol. The molecular weight excluding hydrogens is 314 g/mol. The third-order valence-electron chi connectivity index (χ3n) is 3.93. The minimum absolute atomic E-state index is 0.456. The maximum atomic E-state index is 11.4. The number of aromatic nitrogens is 2. The highest BCUT2D eigenvalue weighted by Gasteiger charge is 2.27. The first-order valence-electron chi connectivity index (χ1n) is 7.43. The number of para-hydroxylation sites is 1. The fourth-order valence-electron chi connectivity index (χ4n) is 2.67. The highest BCUT2D eigenvalue weighted by atomic mass is 32.2. The van der Waals surface area contributed by atoms with Crippen LogP contribution in [-0.4, -0.2) is 36.7 Å². The molecule has 1 aliphatic rings. The van der Waals surface area contributed by atoms with Gasteiger partial charge < -0.3 is 10.2 Å². The van der Waals surface area contributed by atoms with Gasteiger partial charge in [-0.3, -0.25) is 0 Å². The van der Waals surface area contributed by atoms with E-state index < -0.39 is 15.3 Å². The van der Waals surface area contributed by atoms with E-state index in [4.69, 9.17) is 5.14 Å². The SMILES string of the molecule is NS(=O)(=O)C1CCN(c2cc(Nc3ccccc3)ncn2)CC1. The third-order valence-corrected chi connectivity index (χ3v) is 5.33. The lowest BCUT2D eigenvalue weighted by molar-refractivity contribution is 0.529. The van der Waals surface area contributed by atoms with E-state index >= 15 is 0 Å². The van der Waals surface area contributed by atoms with Crippen LogP contribution in [0.15, 0.2) is 42.7 Å². The molecule has 122 valence electrons. The number of rotatable bonds is 4. The molecule has 2 aromatic rings. The highest BCUT2D eigenvalue weighted by molar-refractivity contribution is 7.89. The van der Waals surface area contributed by atoms with Crippen molar-refractivity contribution >= 4 is 27.3 Å². The Labute approximate surface area is 135 Å². The van der Waals surface area contributed by atoms with Crippen LogP contribution in [0.25, 0.3) is 0 Å². The summed E-state index contributed by atoms with van der Waals surface area (Å²) < 4.78 is 22.8. The summed E-state index contributed by atoms with van der Waals surface area (Å²) in [4.78, 5) is 10.6. The Bertz CT molecular complexity index is 758. The molecule has 3 rings (SSSR count). The summed E-state index contributed by atoms with van der Waals surface area (Å²) in [5, 5.41) is 7.99. The predicted octanol–water partition coefficient (Wildman–Crippen LogP) is 1.48. The van der Waals surface area contributed by atoms with Crippen molar-refractivity contribution in [1.82, 2.24) is 9.97 Å². The first-order valence-corrected chi connectivity index (χ1v) is 9.04. The minimum Gasteiger partial charge on any atom is -0.356 e. The van der Waals surface area contributed by atoms with E-state index in [2.05, 4.69) is 20.2 Å². The van der Waals surface area contributed by atoms with E-state index in [1.807, 2.05) is 36.4 Å². The van der Waals surface area contributed by atoms with Crippen molar-refractivity contribution < 1.29 is 8.42 Å². The van der Waals surface area contributed by atoms with Crippen molar-refractivity contribution in [2.45, 2.75) is 18.1 Å². The van der Waals surface area contributed by atoms with E-state index in [0.29, 0.717) is 31.7 Å². The highest BCUT2D eigenvalue weighted by Crippen LogP contribution is 2.23. The smallest absolute Gasteiger partial charge is 0.212 e. The lowest BCUT2D eigenvalue weighted by Crippen LogP contribution is -2.42. The second-order valence-corrected chi connectivity index (χ2v) is 7.37. The average molecular weight is 333 g/mol. The number of nitrogens with zero attached hydrogens (tertiary/aromatic N) is 3. The molecule has 1 aliphatic heterocycles. The van der Waals surface area contributed by atoms with Crippen LogP contribution >= 0.6 is 0 Å². The van der Waals surface area contributed by atoms with Crippen LogP contribution in [0.2, 0.25) is 0 Å². The van der Waals surface area contributed by atoms with E-state index in [1.165, 1.54) is 6.33 Å². The summed E-state index contributed by atoms with van der Waals surface area (Å²) in [6.45, 7) is 1.23. The molecule has 8 heteroatoms. The van der Waals surface area contributed by atoms with Gasteiger partial charge in [0.1, 0.15) is 18.0 Å². The lowest BCUT2D eigenvalue weighted by atomic mass is 10.1. The molecule has 1 saturated heterocycles. The summed E-state index contributed by atoms with van der Waals surface area (Å²) in [6, 6.07) is 11.6. The molecule has 0 saturated carbocycles. The normalized spacial score (nSPS) is 16.3. The Morgan fingerprint density at radius 2 is 1.83 bits per heavy atom. The van der Waals surface area contributed by atoms with Crippen LogP contribution in [0.1, 0.15) is 12.8 Å². The Hall–Kier alpha value is -2.19. The average Bonchev–Trinajstić information content (AvgIpc) is 2.55. The number of hydrogen-bond acceptors (Lipinski definition) is 6. The van der Waals surface area contributed by atoms with Crippen LogP contribution in [0.4, 0.5) is 17.3 Å². The number of nitrogens with two attached hydrogens (primary N) is 1. The van der Waals surface area contributed by atoms with Gasteiger partial charge in [0.2, 0.25) is 10.0 Å².